The Morgan fingerprint density at radius 3 is 2.67 bits per heavy atom. The van der Waals surface area contributed by atoms with Gasteiger partial charge < -0.3 is 4.74 Å². The van der Waals surface area contributed by atoms with E-state index in [0.717, 1.165) is 5.56 Å². The highest BCUT2D eigenvalue weighted by atomic mass is 19.1. The van der Waals surface area contributed by atoms with Gasteiger partial charge in [-0.3, -0.25) is 4.79 Å². The van der Waals surface area contributed by atoms with Gasteiger partial charge in [-0.25, -0.2) is 4.39 Å². The summed E-state index contributed by atoms with van der Waals surface area (Å²) in [6.07, 6.45) is 2.19. The average molecular weight is 206 g/mol. The second-order valence-corrected chi connectivity index (χ2v) is 3.45. The molecule has 1 heterocycles. The third-order valence-electron chi connectivity index (χ3n) is 2.30. The number of carbonyl (C=O) groups excluding carboxylic acids is 1. The zero-order valence-electron chi connectivity index (χ0n) is 8.20. The Morgan fingerprint density at radius 1 is 1.27 bits per heavy atom. The molecule has 0 atom stereocenters. The number of hydrogen-bond acceptors (Lipinski definition) is 2. The number of benzene rings is 1. The third kappa shape index (κ3) is 2.50. The van der Waals surface area contributed by atoms with Crippen molar-refractivity contribution < 1.29 is 13.9 Å². The lowest BCUT2D eigenvalue weighted by atomic mass is 10.0. The summed E-state index contributed by atoms with van der Waals surface area (Å²) >= 11 is 0. The van der Waals surface area contributed by atoms with Gasteiger partial charge in [-0.1, -0.05) is 12.1 Å². The van der Waals surface area contributed by atoms with Gasteiger partial charge in [-0.15, -0.1) is 0 Å². The minimum atomic E-state index is -0.275. The first-order chi connectivity index (χ1) is 7.25. The quantitative estimate of drug-likeness (QED) is 0.658. The van der Waals surface area contributed by atoms with Crippen molar-refractivity contribution in [3.8, 4) is 0 Å². The number of ketones is 1. The molecule has 0 N–H and O–H groups in total. The molecule has 0 aromatic heterocycles. The van der Waals surface area contributed by atoms with Gasteiger partial charge in [-0.2, -0.15) is 0 Å². The van der Waals surface area contributed by atoms with E-state index >= 15 is 0 Å². The molecule has 1 aliphatic heterocycles. The van der Waals surface area contributed by atoms with Gasteiger partial charge in [0.25, 0.3) is 0 Å². The van der Waals surface area contributed by atoms with E-state index in [4.69, 9.17) is 4.74 Å². The minimum Gasteiger partial charge on any atom is -0.376 e. The largest absolute Gasteiger partial charge is 0.376 e. The summed E-state index contributed by atoms with van der Waals surface area (Å²) < 4.78 is 17.8. The molecule has 78 valence electrons. The monoisotopic (exact) mass is 206 g/mol. The Morgan fingerprint density at radius 2 is 2.00 bits per heavy atom. The summed E-state index contributed by atoms with van der Waals surface area (Å²) in [7, 11) is 0. The van der Waals surface area contributed by atoms with Gasteiger partial charge in [-0.05, 0) is 23.8 Å². The van der Waals surface area contributed by atoms with Crippen LogP contribution in [0.3, 0.4) is 0 Å². The number of rotatable bonds is 1. The van der Waals surface area contributed by atoms with E-state index in [1.54, 1.807) is 18.2 Å². The summed E-state index contributed by atoms with van der Waals surface area (Å²) in [5.41, 5.74) is 1.48. The third-order valence-corrected chi connectivity index (χ3v) is 2.30. The maximum atomic E-state index is 12.6. The lowest BCUT2D eigenvalue weighted by Crippen LogP contribution is -2.18. The summed E-state index contributed by atoms with van der Waals surface area (Å²) in [6, 6.07) is 6.04. The first-order valence-corrected chi connectivity index (χ1v) is 4.83. The fourth-order valence-corrected chi connectivity index (χ4v) is 1.47. The van der Waals surface area contributed by atoms with Crippen molar-refractivity contribution in [1.82, 2.24) is 0 Å². The highest BCUT2D eigenvalue weighted by Gasteiger charge is 2.14. The molecule has 2 rings (SSSR count). The van der Waals surface area contributed by atoms with Crippen LogP contribution >= 0.6 is 0 Å². The van der Waals surface area contributed by atoms with Gasteiger partial charge in [0.05, 0.1) is 13.2 Å². The second kappa shape index (κ2) is 4.36. The molecule has 0 saturated carbocycles. The fraction of sp³-hybridized carbons (Fsp3) is 0.250. The fourth-order valence-electron chi connectivity index (χ4n) is 1.47. The highest BCUT2D eigenvalue weighted by Crippen LogP contribution is 2.14. The molecule has 1 aromatic rings. The summed E-state index contributed by atoms with van der Waals surface area (Å²) in [4.78, 5) is 11.4. The van der Waals surface area contributed by atoms with Crippen LogP contribution in [0.2, 0.25) is 0 Å². The molecule has 1 fully saturated rings. The van der Waals surface area contributed by atoms with Crippen LogP contribution in [-0.2, 0) is 9.53 Å². The molecule has 1 aliphatic rings. The van der Waals surface area contributed by atoms with Gasteiger partial charge in [0.15, 0.2) is 5.78 Å². The van der Waals surface area contributed by atoms with E-state index < -0.39 is 0 Å². The molecule has 0 radical (unpaired) electrons. The lowest BCUT2D eigenvalue weighted by Gasteiger charge is -2.13. The van der Waals surface area contributed by atoms with Crippen LogP contribution in [-0.4, -0.2) is 19.0 Å². The van der Waals surface area contributed by atoms with E-state index in [2.05, 4.69) is 0 Å². The van der Waals surface area contributed by atoms with E-state index in [1.165, 1.54) is 12.1 Å². The van der Waals surface area contributed by atoms with Crippen LogP contribution < -0.4 is 0 Å². The van der Waals surface area contributed by atoms with Gasteiger partial charge in [0.1, 0.15) is 5.82 Å². The van der Waals surface area contributed by atoms with Crippen LogP contribution in [0.15, 0.2) is 29.8 Å². The summed E-state index contributed by atoms with van der Waals surface area (Å²) in [6.45, 7) is 0.857. The zero-order chi connectivity index (χ0) is 10.7. The van der Waals surface area contributed by atoms with E-state index in [1.807, 2.05) is 0 Å². The van der Waals surface area contributed by atoms with Crippen LogP contribution in [0.5, 0.6) is 0 Å². The maximum Gasteiger partial charge on any atom is 0.163 e. The number of hydrogen-bond donors (Lipinski definition) is 0. The highest BCUT2D eigenvalue weighted by molar-refractivity contribution is 6.00. The predicted octanol–water partition coefficient (Wildman–Crippen LogP) is 2.20. The lowest BCUT2D eigenvalue weighted by molar-refractivity contribution is -0.119. The van der Waals surface area contributed by atoms with Gasteiger partial charge in [0, 0.05) is 12.0 Å². The molecule has 0 amide bonds. The Bertz CT molecular complexity index is 393. The molecule has 1 saturated heterocycles. The Labute approximate surface area is 87.4 Å². The first-order valence-electron chi connectivity index (χ1n) is 4.83. The van der Waals surface area contributed by atoms with Crippen LogP contribution in [0.25, 0.3) is 6.08 Å². The van der Waals surface area contributed by atoms with Crippen molar-refractivity contribution in [2.45, 2.75) is 6.42 Å². The van der Waals surface area contributed by atoms with Gasteiger partial charge >= 0.3 is 0 Å². The summed E-state index contributed by atoms with van der Waals surface area (Å²) in [5, 5.41) is 0. The molecular weight excluding hydrogens is 195 g/mol. The van der Waals surface area contributed by atoms with Gasteiger partial charge in [0.2, 0.25) is 0 Å². The van der Waals surface area contributed by atoms with E-state index in [9.17, 15) is 9.18 Å². The number of ether oxygens (including phenoxy) is 1. The zero-order valence-corrected chi connectivity index (χ0v) is 8.20. The van der Waals surface area contributed by atoms with Crippen molar-refractivity contribution in [2.24, 2.45) is 0 Å². The molecule has 3 heteroatoms. The Hall–Kier alpha value is -1.48. The molecule has 0 aliphatic carbocycles. The standard InChI is InChI=1S/C12H11FO2/c13-11-3-1-9(2-4-11)7-10-8-15-6-5-12(10)14/h1-4,7H,5-6,8H2. The van der Waals surface area contributed by atoms with E-state index in [-0.39, 0.29) is 11.6 Å². The molecule has 15 heavy (non-hydrogen) atoms. The number of halogens is 1. The SMILES string of the molecule is O=C1CCOCC1=Cc1ccc(F)cc1. The number of carbonyl (C=O) groups is 1. The first kappa shape index (κ1) is 10.1. The predicted molar refractivity (Wildman–Crippen MR) is 54.8 cm³/mol. The van der Waals surface area contributed by atoms with Crippen molar-refractivity contribution in [3.63, 3.8) is 0 Å². The van der Waals surface area contributed by atoms with Crippen LogP contribution in [0.4, 0.5) is 4.39 Å². The molecule has 1 aromatic carbocycles. The molecule has 0 unspecified atom stereocenters. The molecule has 0 spiro atoms. The smallest absolute Gasteiger partial charge is 0.163 e. The second-order valence-electron chi connectivity index (χ2n) is 3.45. The molecule has 2 nitrogen and oxygen atoms in total. The maximum absolute atomic E-state index is 12.6. The summed E-state index contributed by atoms with van der Waals surface area (Å²) in [5.74, 6) is -0.158. The molecule has 0 bridgehead atoms. The topological polar surface area (TPSA) is 26.3 Å². The Balaban J connectivity index is 2.21. The average Bonchev–Trinajstić information content (AvgIpc) is 2.25. The normalized spacial score (nSPS) is 19.5. The number of Topliss-reactive ketones (excluding diaryl/α,β-unsaturated/α-hetero) is 1. The van der Waals surface area contributed by atoms with Crippen molar-refractivity contribution in [2.75, 3.05) is 13.2 Å². The Kier molecular flexibility index (Phi) is 2.92. The van der Waals surface area contributed by atoms with E-state index in [0.29, 0.717) is 25.2 Å². The van der Waals surface area contributed by atoms with Crippen molar-refractivity contribution >= 4 is 11.9 Å². The van der Waals surface area contributed by atoms with Crippen LogP contribution in [0, 0.1) is 5.82 Å². The van der Waals surface area contributed by atoms with Crippen molar-refractivity contribution in [3.05, 3.63) is 41.2 Å². The minimum absolute atomic E-state index is 0.116. The molecular formula is C12H11FO2. The van der Waals surface area contributed by atoms with Crippen LogP contribution in [0.1, 0.15) is 12.0 Å². The van der Waals surface area contributed by atoms with Crippen molar-refractivity contribution in [1.29, 1.82) is 0 Å².